The highest BCUT2D eigenvalue weighted by Gasteiger charge is 2.27. The van der Waals surface area contributed by atoms with E-state index in [2.05, 4.69) is 64.4 Å². The molecule has 2 aromatic carbocycles. The van der Waals surface area contributed by atoms with E-state index in [0.717, 1.165) is 41.8 Å². The van der Waals surface area contributed by atoms with Crippen molar-refractivity contribution < 1.29 is 4.79 Å². The summed E-state index contributed by atoms with van der Waals surface area (Å²) in [6.07, 6.45) is 5.57. The van der Waals surface area contributed by atoms with Crippen molar-refractivity contribution in [3.05, 3.63) is 71.5 Å². The number of aryl methyl sites for hydroxylation is 3. The molecule has 1 aliphatic heterocycles. The standard InChI is InChI=1S/C25H28N4O/c1-17-6-9-20(10-7-17)22-14-26-25(27-15-22)29-12-4-5-21(16-29)24(30)28-23-11-8-18(2)13-19(23)3/h6-11,13-15,21H,4-5,12,16H2,1-3H3,(H,28,30). The average Bonchev–Trinajstić information content (AvgIpc) is 2.76. The van der Waals surface area contributed by atoms with Crippen LogP contribution in [-0.2, 0) is 4.79 Å². The Morgan fingerprint density at radius 3 is 2.37 bits per heavy atom. The van der Waals surface area contributed by atoms with Crippen molar-refractivity contribution in [1.82, 2.24) is 9.97 Å². The van der Waals surface area contributed by atoms with Crippen LogP contribution >= 0.6 is 0 Å². The number of nitrogens with zero attached hydrogens (tertiary/aromatic N) is 3. The molecule has 0 aliphatic carbocycles. The lowest BCUT2D eigenvalue weighted by atomic mass is 9.97. The topological polar surface area (TPSA) is 58.1 Å². The van der Waals surface area contributed by atoms with Gasteiger partial charge in [-0.25, -0.2) is 9.97 Å². The number of anilines is 2. The molecule has 1 atom stereocenters. The maximum atomic E-state index is 12.9. The molecule has 1 N–H and O–H groups in total. The Morgan fingerprint density at radius 1 is 0.967 bits per heavy atom. The van der Waals surface area contributed by atoms with Crippen LogP contribution in [0.2, 0.25) is 0 Å². The Morgan fingerprint density at radius 2 is 1.67 bits per heavy atom. The lowest BCUT2D eigenvalue weighted by molar-refractivity contribution is -0.120. The fourth-order valence-electron chi connectivity index (χ4n) is 3.94. The molecule has 5 heteroatoms. The van der Waals surface area contributed by atoms with Gasteiger partial charge in [-0.1, -0.05) is 47.5 Å². The molecule has 1 unspecified atom stereocenters. The molecule has 1 aromatic heterocycles. The third-order valence-corrected chi connectivity index (χ3v) is 5.74. The molecular weight excluding hydrogens is 372 g/mol. The number of hydrogen-bond donors (Lipinski definition) is 1. The third-order valence-electron chi connectivity index (χ3n) is 5.74. The van der Waals surface area contributed by atoms with Crippen molar-refractivity contribution in [2.75, 3.05) is 23.3 Å². The molecule has 4 rings (SSSR count). The van der Waals surface area contributed by atoms with Crippen LogP contribution in [0.15, 0.2) is 54.9 Å². The van der Waals surface area contributed by atoms with Gasteiger partial charge in [0.05, 0.1) is 5.92 Å². The third kappa shape index (κ3) is 4.51. The summed E-state index contributed by atoms with van der Waals surface area (Å²) in [5.74, 6) is 0.692. The van der Waals surface area contributed by atoms with Crippen LogP contribution < -0.4 is 10.2 Å². The van der Waals surface area contributed by atoms with Crippen molar-refractivity contribution in [3.63, 3.8) is 0 Å². The molecule has 0 bridgehead atoms. The Bertz CT molecular complexity index is 1030. The van der Waals surface area contributed by atoms with E-state index < -0.39 is 0 Å². The number of rotatable bonds is 4. The normalized spacial score (nSPS) is 16.4. The van der Waals surface area contributed by atoms with Crippen LogP contribution in [-0.4, -0.2) is 29.0 Å². The largest absolute Gasteiger partial charge is 0.340 e. The fraction of sp³-hybridized carbons (Fsp3) is 0.320. The first-order chi connectivity index (χ1) is 14.5. The summed E-state index contributed by atoms with van der Waals surface area (Å²) in [5, 5.41) is 3.11. The molecule has 0 saturated carbocycles. The van der Waals surface area contributed by atoms with Gasteiger partial charge in [-0.3, -0.25) is 4.79 Å². The number of benzene rings is 2. The second-order valence-electron chi connectivity index (χ2n) is 8.23. The number of piperidine rings is 1. The van der Waals surface area contributed by atoms with Gasteiger partial charge in [0.15, 0.2) is 0 Å². The number of aromatic nitrogens is 2. The minimum atomic E-state index is -0.0696. The minimum absolute atomic E-state index is 0.0696. The zero-order valence-corrected chi connectivity index (χ0v) is 17.9. The Kier molecular flexibility index (Phi) is 5.79. The molecule has 1 fully saturated rings. The maximum absolute atomic E-state index is 12.9. The van der Waals surface area contributed by atoms with Gasteiger partial charge >= 0.3 is 0 Å². The number of carbonyl (C=O) groups excluding carboxylic acids is 1. The van der Waals surface area contributed by atoms with E-state index in [1.807, 2.05) is 31.5 Å². The van der Waals surface area contributed by atoms with Gasteiger partial charge < -0.3 is 10.2 Å². The molecule has 2 heterocycles. The number of carbonyl (C=O) groups is 1. The monoisotopic (exact) mass is 400 g/mol. The second kappa shape index (κ2) is 8.66. The molecule has 0 radical (unpaired) electrons. The van der Waals surface area contributed by atoms with Crippen LogP contribution in [0.25, 0.3) is 11.1 Å². The summed E-state index contributed by atoms with van der Waals surface area (Å²) in [7, 11) is 0. The van der Waals surface area contributed by atoms with Crippen molar-refractivity contribution in [1.29, 1.82) is 0 Å². The van der Waals surface area contributed by atoms with Crippen LogP contribution in [0.4, 0.5) is 11.6 Å². The zero-order chi connectivity index (χ0) is 21.1. The number of hydrogen-bond acceptors (Lipinski definition) is 4. The lowest BCUT2D eigenvalue weighted by Gasteiger charge is -2.32. The highest BCUT2D eigenvalue weighted by Crippen LogP contribution is 2.25. The van der Waals surface area contributed by atoms with Crippen molar-refractivity contribution in [2.45, 2.75) is 33.6 Å². The maximum Gasteiger partial charge on any atom is 0.229 e. The van der Waals surface area contributed by atoms with Gasteiger partial charge in [0.1, 0.15) is 0 Å². The smallest absolute Gasteiger partial charge is 0.229 e. The minimum Gasteiger partial charge on any atom is -0.340 e. The SMILES string of the molecule is Cc1ccc(-c2cnc(N3CCCC(C(=O)Nc4ccc(C)cc4C)C3)nc2)cc1. The first-order valence-corrected chi connectivity index (χ1v) is 10.5. The molecule has 1 saturated heterocycles. The van der Waals surface area contributed by atoms with Crippen LogP contribution in [0.1, 0.15) is 29.5 Å². The van der Waals surface area contributed by atoms with E-state index in [-0.39, 0.29) is 11.8 Å². The van der Waals surface area contributed by atoms with E-state index in [1.54, 1.807) is 0 Å². The summed E-state index contributed by atoms with van der Waals surface area (Å²) in [6, 6.07) is 14.4. The van der Waals surface area contributed by atoms with Crippen molar-refractivity contribution in [3.8, 4) is 11.1 Å². The van der Waals surface area contributed by atoms with Crippen molar-refractivity contribution in [2.24, 2.45) is 5.92 Å². The zero-order valence-electron chi connectivity index (χ0n) is 17.9. The summed E-state index contributed by atoms with van der Waals surface area (Å²) in [6.45, 7) is 7.67. The van der Waals surface area contributed by atoms with Crippen molar-refractivity contribution >= 4 is 17.5 Å². The van der Waals surface area contributed by atoms with Crippen LogP contribution in [0, 0.1) is 26.7 Å². The van der Waals surface area contributed by atoms with E-state index in [9.17, 15) is 4.79 Å². The molecule has 154 valence electrons. The van der Waals surface area contributed by atoms with E-state index in [1.165, 1.54) is 11.1 Å². The molecule has 1 aliphatic rings. The molecule has 5 nitrogen and oxygen atoms in total. The molecular formula is C25H28N4O. The van der Waals surface area contributed by atoms with Gasteiger partial charge in [-0.05, 0) is 50.8 Å². The quantitative estimate of drug-likeness (QED) is 0.675. The fourth-order valence-corrected chi connectivity index (χ4v) is 3.94. The molecule has 30 heavy (non-hydrogen) atoms. The molecule has 1 amide bonds. The Balaban J connectivity index is 1.43. The second-order valence-corrected chi connectivity index (χ2v) is 8.23. The predicted octanol–water partition coefficient (Wildman–Crippen LogP) is 4.92. The molecule has 3 aromatic rings. The van der Waals surface area contributed by atoms with Crippen LogP contribution in [0.5, 0.6) is 0 Å². The summed E-state index contributed by atoms with van der Waals surface area (Å²) < 4.78 is 0. The highest BCUT2D eigenvalue weighted by atomic mass is 16.1. The first-order valence-electron chi connectivity index (χ1n) is 10.5. The van der Waals surface area contributed by atoms with E-state index in [0.29, 0.717) is 12.5 Å². The van der Waals surface area contributed by atoms with Gasteiger partial charge in [0.2, 0.25) is 11.9 Å². The van der Waals surface area contributed by atoms with Gasteiger partial charge in [-0.15, -0.1) is 0 Å². The van der Waals surface area contributed by atoms with E-state index >= 15 is 0 Å². The number of nitrogens with one attached hydrogen (secondary N) is 1. The van der Waals surface area contributed by atoms with Gasteiger partial charge in [-0.2, -0.15) is 0 Å². The summed E-state index contributed by atoms with van der Waals surface area (Å²) >= 11 is 0. The predicted molar refractivity (Wildman–Crippen MR) is 122 cm³/mol. The number of amides is 1. The Labute approximate surface area is 178 Å². The molecule has 0 spiro atoms. The summed E-state index contributed by atoms with van der Waals surface area (Å²) in [4.78, 5) is 24.2. The van der Waals surface area contributed by atoms with Gasteiger partial charge in [0, 0.05) is 36.7 Å². The first kappa shape index (κ1) is 20.1. The lowest BCUT2D eigenvalue weighted by Crippen LogP contribution is -2.41. The van der Waals surface area contributed by atoms with Gasteiger partial charge in [0.25, 0.3) is 0 Å². The highest BCUT2D eigenvalue weighted by molar-refractivity contribution is 5.93. The van der Waals surface area contributed by atoms with E-state index in [4.69, 9.17) is 0 Å². The van der Waals surface area contributed by atoms with Crippen LogP contribution in [0.3, 0.4) is 0 Å². The summed E-state index contributed by atoms with van der Waals surface area (Å²) in [5.41, 5.74) is 6.51. The Hall–Kier alpha value is -3.21. The average molecular weight is 401 g/mol.